The molecule has 2 aromatic heterocycles. The minimum Gasteiger partial charge on any atom is -0.455 e. The molecule has 0 amide bonds. The van der Waals surface area contributed by atoms with Gasteiger partial charge in [-0.1, -0.05) is 194 Å². The maximum Gasteiger partial charge on any atom is 0.163 e. The highest BCUT2D eigenvalue weighted by atomic mass is 16.3. The second kappa shape index (κ2) is 14.7. The zero-order valence-electron chi connectivity index (χ0n) is 32.2. The van der Waals surface area contributed by atoms with Gasteiger partial charge in [0.15, 0.2) is 11.6 Å². The van der Waals surface area contributed by atoms with E-state index in [0.29, 0.717) is 18.1 Å². The Kier molecular flexibility index (Phi) is 8.59. The summed E-state index contributed by atoms with van der Waals surface area (Å²) < 4.78 is 6.72. The molecular formula is C55H37N3O. The van der Waals surface area contributed by atoms with Crippen LogP contribution in [0.1, 0.15) is 23.7 Å². The van der Waals surface area contributed by atoms with Crippen LogP contribution in [0.3, 0.4) is 0 Å². The monoisotopic (exact) mass is 755 g/mol. The third-order valence-electron chi connectivity index (χ3n) is 11.5. The summed E-state index contributed by atoms with van der Waals surface area (Å²) in [4.78, 5) is 15.7. The number of fused-ring (bicyclic) bond motifs is 4. The van der Waals surface area contributed by atoms with Crippen molar-refractivity contribution < 1.29 is 4.42 Å². The Morgan fingerprint density at radius 2 is 0.898 bits per heavy atom. The molecule has 1 aliphatic rings. The van der Waals surface area contributed by atoms with Gasteiger partial charge in [-0.25, -0.2) is 15.0 Å². The summed E-state index contributed by atoms with van der Waals surface area (Å²) >= 11 is 0. The first-order valence-electron chi connectivity index (χ1n) is 20.1. The predicted octanol–water partition coefficient (Wildman–Crippen LogP) is 12.3. The molecule has 1 unspecified atom stereocenters. The fraction of sp³-hybridized carbons (Fsp3) is 0.0364. The second-order valence-electron chi connectivity index (χ2n) is 15.1. The molecule has 0 aliphatic heterocycles. The SMILES string of the molecule is C1=c2ccccc2=C(c2ccc(-c3ccccc3)c3oc4ccccc4c23)CC1c1nc(-c2ccc(-c3ccccc3)cc2)nc(-c2ccc(-c3ccccc3)cc2)n1. The molecule has 0 fully saturated rings. The molecule has 11 rings (SSSR count). The van der Waals surface area contributed by atoms with Crippen molar-refractivity contribution in [2.45, 2.75) is 12.3 Å². The molecule has 0 saturated carbocycles. The van der Waals surface area contributed by atoms with Crippen molar-refractivity contribution >= 4 is 33.6 Å². The van der Waals surface area contributed by atoms with Gasteiger partial charge in [0.1, 0.15) is 17.0 Å². The Morgan fingerprint density at radius 3 is 1.53 bits per heavy atom. The first-order chi connectivity index (χ1) is 29.2. The van der Waals surface area contributed by atoms with Gasteiger partial charge in [-0.2, -0.15) is 0 Å². The third-order valence-corrected chi connectivity index (χ3v) is 11.5. The number of hydrogen-bond acceptors (Lipinski definition) is 4. The van der Waals surface area contributed by atoms with Crippen molar-refractivity contribution in [1.29, 1.82) is 0 Å². The van der Waals surface area contributed by atoms with Crippen molar-refractivity contribution in [2.75, 3.05) is 0 Å². The van der Waals surface area contributed by atoms with E-state index in [1.54, 1.807) is 0 Å². The standard InChI is InChI=1S/C55H37N3O/c1-4-14-36(15-5-1)38-24-28-41(29-25-38)53-56-54(42-30-26-39(27-31-42)37-16-6-2-7-17-37)58-55(57-53)44-34-43-20-10-11-21-45(43)49(35-44)47-33-32-46(40-18-8-3-9-19-40)52-51(47)48-22-12-13-23-50(48)59-52/h1-34,44H,35H2. The molecule has 0 radical (unpaired) electrons. The van der Waals surface area contributed by atoms with E-state index in [1.807, 2.05) is 18.2 Å². The van der Waals surface area contributed by atoms with Gasteiger partial charge in [-0.3, -0.25) is 0 Å². The summed E-state index contributed by atoms with van der Waals surface area (Å²) in [5.74, 6) is 1.93. The molecule has 4 heteroatoms. The van der Waals surface area contributed by atoms with Gasteiger partial charge in [-0.15, -0.1) is 0 Å². The van der Waals surface area contributed by atoms with Gasteiger partial charge in [0.2, 0.25) is 0 Å². The first kappa shape index (κ1) is 34.5. The van der Waals surface area contributed by atoms with E-state index < -0.39 is 0 Å². The molecule has 1 aliphatic carbocycles. The highest BCUT2D eigenvalue weighted by Gasteiger charge is 2.25. The number of nitrogens with zero attached hydrogens (tertiary/aromatic N) is 3. The van der Waals surface area contributed by atoms with E-state index in [1.165, 1.54) is 21.9 Å². The lowest BCUT2D eigenvalue weighted by Crippen LogP contribution is -2.32. The van der Waals surface area contributed by atoms with Crippen LogP contribution >= 0.6 is 0 Å². The summed E-state index contributed by atoms with van der Waals surface area (Å²) in [6, 6.07) is 70.1. The summed E-state index contributed by atoms with van der Waals surface area (Å²) in [6.45, 7) is 0. The van der Waals surface area contributed by atoms with Gasteiger partial charge < -0.3 is 4.42 Å². The maximum absolute atomic E-state index is 6.72. The van der Waals surface area contributed by atoms with Crippen molar-refractivity contribution in [1.82, 2.24) is 15.0 Å². The molecule has 4 nitrogen and oxygen atoms in total. The normalized spacial score (nSPS) is 13.6. The summed E-state index contributed by atoms with van der Waals surface area (Å²) in [6.07, 6.45) is 3.04. The van der Waals surface area contributed by atoms with Gasteiger partial charge in [-0.05, 0) is 67.9 Å². The molecule has 1 atom stereocenters. The van der Waals surface area contributed by atoms with Crippen LogP contribution in [-0.4, -0.2) is 15.0 Å². The fourth-order valence-electron chi connectivity index (χ4n) is 8.57. The second-order valence-corrected chi connectivity index (χ2v) is 15.1. The maximum atomic E-state index is 6.72. The van der Waals surface area contributed by atoms with Crippen LogP contribution in [0.2, 0.25) is 0 Å². The number of rotatable bonds is 7. The third kappa shape index (κ3) is 6.41. The van der Waals surface area contributed by atoms with Gasteiger partial charge in [0.25, 0.3) is 0 Å². The minimum absolute atomic E-state index is 0.116. The lowest BCUT2D eigenvalue weighted by molar-refractivity contribution is 0.670. The molecule has 59 heavy (non-hydrogen) atoms. The number of hydrogen-bond donors (Lipinski definition) is 0. The van der Waals surface area contributed by atoms with Gasteiger partial charge >= 0.3 is 0 Å². The number of furan rings is 1. The highest BCUT2D eigenvalue weighted by molar-refractivity contribution is 6.14. The molecule has 0 spiro atoms. The van der Waals surface area contributed by atoms with Crippen molar-refractivity contribution in [3.05, 3.63) is 222 Å². The van der Waals surface area contributed by atoms with E-state index in [2.05, 4.69) is 188 Å². The highest BCUT2D eigenvalue weighted by Crippen LogP contribution is 2.42. The molecular weight excluding hydrogens is 719 g/mol. The first-order valence-corrected chi connectivity index (χ1v) is 20.1. The van der Waals surface area contributed by atoms with E-state index in [-0.39, 0.29) is 5.92 Å². The molecule has 278 valence electrons. The quantitative estimate of drug-likeness (QED) is 0.163. The van der Waals surface area contributed by atoms with E-state index in [0.717, 1.165) is 71.9 Å². The Bertz CT molecular complexity index is 3160. The zero-order valence-corrected chi connectivity index (χ0v) is 32.2. The van der Waals surface area contributed by atoms with Crippen LogP contribution < -0.4 is 10.4 Å². The molecule has 10 aromatic rings. The minimum atomic E-state index is -0.116. The Balaban J connectivity index is 1.06. The van der Waals surface area contributed by atoms with E-state index in [4.69, 9.17) is 19.4 Å². The summed E-state index contributed by atoms with van der Waals surface area (Å²) in [5.41, 5.74) is 12.9. The van der Waals surface area contributed by atoms with Crippen LogP contribution in [-0.2, 0) is 0 Å². The largest absolute Gasteiger partial charge is 0.455 e. The smallest absolute Gasteiger partial charge is 0.163 e. The molecule has 2 heterocycles. The van der Waals surface area contributed by atoms with Crippen LogP contribution in [0.5, 0.6) is 0 Å². The Hall–Kier alpha value is -7.69. The zero-order chi connectivity index (χ0) is 39.1. The average Bonchev–Trinajstić information content (AvgIpc) is 3.72. The summed E-state index contributed by atoms with van der Waals surface area (Å²) in [7, 11) is 0. The van der Waals surface area contributed by atoms with Crippen molar-refractivity contribution in [3.63, 3.8) is 0 Å². The lowest BCUT2D eigenvalue weighted by atomic mass is 9.84. The van der Waals surface area contributed by atoms with Crippen LogP contribution in [0.4, 0.5) is 0 Å². The molecule has 0 N–H and O–H groups in total. The van der Waals surface area contributed by atoms with E-state index in [9.17, 15) is 0 Å². The Labute approximate surface area is 342 Å². The number of para-hydroxylation sites is 1. The van der Waals surface area contributed by atoms with Crippen LogP contribution in [0, 0.1) is 0 Å². The van der Waals surface area contributed by atoms with Crippen LogP contribution in [0.25, 0.3) is 89.7 Å². The average molecular weight is 756 g/mol. The van der Waals surface area contributed by atoms with E-state index >= 15 is 0 Å². The Morgan fingerprint density at radius 1 is 0.407 bits per heavy atom. The lowest BCUT2D eigenvalue weighted by Gasteiger charge is -2.21. The van der Waals surface area contributed by atoms with Crippen molar-refractivity contribution in [3.8, 4) is 56.2 Å². The predicted molar refractivity (Wildman–Crippen MR) is 241 cm³/mol. The van der Waals surface area contributed by atoms with Gasteiger partial charge in [0.05, 0.1) is 0 Å². The van der Waals surface area contributed by atoms with Crippen molar-refractivity contribution in [2.24, 2.45) is 0 Å². The molecule has 0 bridgehead atoms. The fourth-order valence-corrected chi connectivity index (χ4v) is 8.57. The number of benzene rings is 8. The number of aromatic nitrogens is 3. The summed E-state index contributed by atoms with van der Waals surface area (Å²) in [5, 5.41) is 4.61. The van der Waals surface area contributed by atoms with Crippen LogP contribution in [0.15, 0.2) is 205 Å². The van der Waals surface area contributed by atoms with Gasteiger partial charge in [0, 0.05) is 33.4 Å². The topological polar surface area (TPSA) is 51.8 Å². The molecule has 0 saturated heterocycles. The molecule has 8 aromatic carbocycles.